The number of nitrogens with zero attached hydrogens (tertiary/aromatic N) is 3. The lowest BCUT2D eigenvalue weighted by Crippen LogP contribution is -2.27. The average molecular weight is 267 g/mol. The Hall–Kier alpha value is -1.56. The maximum Gasteiger partial charge on any atom is 0.256 e. The van der Waals surface area contributed by atoms with Crippen LogP contribution < -0.4 is 11.1 Å². The molecule has 0 saturated heterocycles. The van der Waals surface area contributed by atoms with Gasteiger partial charge in [0.15, 0.2) is 0 Å². The van der Waals surface area contributed by atoms with E-state index in [1.54, 1.807) is 7.05 Å². The second-order valence-corrected chi connectivity index (χ2v) is 4.56. The summed E-state index contributed by atoms with van der Waals surface area (Å²) in [6, 6.07) is 0. The third kappa shape index (κ3) is 4.55. The van der Waals surface area contributed by atoms with E-state index in [4.69, 9.17) is 5.73 Å². The first-order chi connectivity index (χ1) is 9.10. The highest BCUT2D eigenvalue weighted by atomic mass is 16.1. The summed E-state index contributed by atoms with van der Waals surface area (Å²) in [5.41, 5.74) is 6.19. The van der Waals surface area contributed by atoms with Gasteiger partial charge in [-0.2, -0.15) is 5.10 Å². The molecule has 6 nitrogen and oxygen atoms in total. The summed E-state index contributed by atoms with van der Waals surface area (Å²) in [6.07, 6.45) is 3.56. The standard InChI is InChI=1S/C13H25N5O/c1-4-18(5-2)9-7-6-8-15-13(19)11-10-16-17(3)12(11)14/h10H,4-9,14H2,1-3H3,(H,15,19). The minimum atomic E-state index is -0.145. The fourth-order valence-electron chi connectivity index (χ4n) is 1.92. The Bertz CT molecular complexity index is 398. The first kappa shape index (κ1) is 15.5. The lowest BCUT2D eigenvalue weighted by atomic mass is 10.2. The van der Waals surface area contributed by atoms with Crippen LogP contribution in [-0.2, 0) is 7.05 Å². The highest BCUT2D eigenvalue weighted by Gasteiger charge is 2.12. The molecule has 0 atom stereocenters. The quantitative estimate of drug-likeness (QED) is 0.685. The van der Waals surface area contributed by atoms with Crippen LogP contribution in [0.4, 0.5) is 5.82 Å². The van der Waals surface area contributed by atoms with Crippen molar-refractivity contribution in [3.63, 3.8) is 0 Å². The second-order valence-electron chi connectivity index (χ2n) is 4.56. The van der Waals surface area contributed by atoms with Crippen molar-refractivity contribution in [2.75, 3.05) is 31.9 Å². The van der Waals surface area contributed by atoms with Crippen molar-refractivity contribution in [3.8, 4) is 0 Å². The molecule has 19 heavy (non-hydrogen) atoms. The van der Waals surface area contributed by atoms with Crippen molar-refractivity contribution >= 4 is 11.7 Å². The van der Waals surface area contributed by atoms with Gasteiger partial charge in [0.05, 0.1) is 6.20 Å². The van der Waals surface area contributed by atoms with Crippen LogP contribution >= 0.6 is 0 Å². The summed E-state index contributed by atoms with van der Waals surface area (Å²) in [6.45, 7) is 8.24. The molecule has 0 aromatic carbocycles. The maximum absolute atomic E-state index is 11.8. The minimum absolute atomic E-state index is 0.145. The van der Waals surface area contributed by atoms with Crippen molar-refractivity contribution in [1.29, 1.82) is 0 Å². The predicted octanol–water partition coefficient (Wildman–Crippen LogP) is 0.854. The number of nitrogens with one attached hydrogen (secondary N) is 1. The third-order valence-corrected chi connectivity index (χ3v) is 3.31. The number of nitrogens with two attached hydrogens (primary N) is 1. The van der Waals surface area contributed by atoms with E-state index < -0.39 is 0 Å². The Labute approximate surface area is 114 Å². The first-order valence-electron chi connectivity index (χ1n) is 6.88. The van der Waals surface area contributed by atoms with E-state index in [1.165, 1.54) is 10.9 Å². The van der Waals surface area contributed by atoms with Crippen LogP contribution in [-0.4, -0.2) is 46.8 Å². The number of amides is 1. The van der Waals surface area contributed by atoms with Gasteiger partial charge in [0.2, 0.25) is 0 Å². The van der Waals surface area contributed by atoms with Crippen LogP contribution in [0.1, 0.15) is 37.0 Å². The Morgan fingerprint density at radius 2 is 2.11 bits per heavy atom. The Morgan fingerprint density at radius 1 is 1.42 bits per heavy atom. The van der Waals surface area contributed by atoms with Gasteiger partial charge in [-0.25, -0.2) is 0 Å². The zero-order chi connectivity index (χ0) is 14.3. The van der Waals surface area contributed by atoms with Crippen LogP contribution in [0.5, 0.6) is 0 Å². The Kier molecular flexibility index (Phi) is 6.35. The molecule has 0 radical (unpaired) electrons. The van der Waals surface area contributed by atoms with E-state index in [0.717, 1.165) is 32.5 Å². The lowest BCUT2D eigenvalue weighted by Gasteiger charge is -2.17. The number of anilines is 1. The van der Waals surface area contributed by atoms with Gasteiger partial charge in [-0.3, -0.25) is 9.48 Å². The number of carbonyl (C=O) groups is 1. The molecule has 0 saturated carbocycles. The molecule has 3 N–H and O–H groups in total. The maximum atomic E-state index is 11.8. The minimum Gasteiger partial charge on any atom is -0.383 e. The summed E-state index contributed by atoms with van der Waals surface area (Å²) in [5, 5.41) is 6.82. The monoisotopic (exact) mass is 267 g/mol. The summed E-state index contributed by atoms with van der Waals surface area (Å²) in [4.78, 5) is 14.2. The zero-order valence-electron chi connectivity index (χ0n) is 12.1. The van der Waals surface area contributed by atoms with Crippen molar-refractivity contribution in [2.45, 2.75) is 26.7 Å². The van der Waals surface area contributed by atoms with E-state index >= 15 is 0 Å². The smallest absolute Gasteiger partial charge is 0.256 e. The summed E-state index contributed by atoms with van der Waals surface area (Å²) >= 11 is 0. The molecule has 1 aromatic heterocycles. The predicted molar refractivity (Wildman–Crippen MR) is 77.0 cm³/mol. The molecule has 0 aliphatic rings. The average Bonchev–Trinajstić information content (AvgIpc) is 2.74. The van der Waals surface area contributed by atoms with Crippen molar-refractivity contribution in [2.24, 2.45) is 7.05 Å². The highest BCUT2D eigenvalue weighted by molar-refractivity contribution is 5.98. The van der Waals surface area contributed by atoms with Gasteiger partial charge in [0, 0.05) is 13.6 Å². The van der Waals surface area contributed by atoms with Gasteiger partial charge in [0.1, 0.15) is 11.4 Å². The molecule has 0 unspecified atom stereocenters. The lowest BCUT2D eigenvalue weighted by molar-refractivity contribution is 0.0953. The molecule has 0 aliphatic carbocycles. The van der Waals surface area contributed by atoms with E-state index in [-0.39, 0.29) is 5.91 Å². The van der Waals surface area contributed by atoms with Crippen LogP contribution in [0.3, 0.4) is 0 Å². The van der Waals surface area contributed by atoms with Crippen molar-refractivity contribution in [3.05, 3.63) is 11.8 Å². The molecule has 0 fully saturated rings. The number of carbonyl (C=O) groups excluding carboxylic acids is 1. The molecule has 0 spiro atoms. The van der Waals surface area contributed by atoms with Crippen molar-refractivity contribution in [1.82, 2.24) is 20.0 Å². The molecular formula is C13H25N5O. The van der Waals surface area contributed by atoms with E-state index in [0.29, 0.717) is 17.9 Å². The van der Waals surface area contributed by atoms with Crippen LogP contribution in [0, 0.1) is 0 Å². The second kappa shape index (κ2) is 7.78. The molecule has 1 rings (SSSR count). The van der Waals surface area contributed by atoms with Gasteiger partial charge < -0.3 is 16.0 Å². The molecule has 0 bridgehead atoms. The molecule has 0 aliphatic heterocycles. The van der Waals surface area contributed by atoms with Crippen molar-refractivity contribution < 1.29 is 4.79 Å². The summed E-state index contributed by atoms with van der Waals surface area (Å²) in [5.74, 6) is 0.258. The summed E-state index contributed by atoms with van der Waals surface area (Å²) < 4.78 is 1.50. The fraction of sp³-hybridized carbons (Fsp3) is 0.692. The zero-order valence-corrected chi connectivity index (χ0v) is 12.1. The number of aromatic nitrogens is 2. The summed E-state index contributed by atoms with van der Waals surface area (Å²) in [7, 11) is 1.72. The van der Waals surface area contributed by atoms with Gasteiger partial charge >= 0.3 is 0 Å². The number of unbranched alkanes of at least 4 members (excludes halogenated alkanes) is 1. The SMILES string of the molecule is CCN(CC)CCCCNC(=O)c1cnn(C)c1N. The topological polar surface area (TPSA) is 76.2 Å². The number of hydrogen-bond donors (Lipinski definition) is 2. The third-order valence-electron chi connectivity index (χ3n) is 3.31. The van der Waals surface area contributed by atoms with Crippen LogP contribution in [0.2, 0.25) is 0 Å². The fourth-order valence-corrected chi connectivity index (χ4v) is 1.92. The first-order valence-corrected chi connectivity index (χ1v) is 6.88. The van der Waals surface area contributed by atoms with E-state index in [9.17, 15) is 4.79 Å². The normalized spacial score (nSPS) is 10.9. The molecule has 6 heteroatoms. The Morgan fingerprint density at radius 3 is 2.63 bits per heavy atom. The molecular weight excluding hydrogens is 242 g/mol. The van der Waals surface area contributed by atoms with Crippen LogP contribution in [0.25, 0.3) is 0 Å². The van der Waals surface area contributed by atoms with Gasteiger partial charge in [0.25, 0.3) is 5.91 Å². The number of hydrogen-bond acceptors (Lipinski definition) is 4. The molecule has 108 valence electrons. The number of rotatable bonds is 8. The van der Waals surface area contributed by atoms with E-state index in [2.05, 4.69) is 29.2 Å². The van der Waals surface area contributed by atoms with E-state index in [1.807, 2.05) is 0 Å². The van der Waals surface area contributed by atoms with Gasteiger partial charge in [-0.05, 0) is 32.5 Å². The highest BCUT2D eigenvalue weighted by Crippen LogP contribution is 2.08. The Balaban J connectivity index is 2.23. The van der Waals surface area contributed by atoms with Gasteiger partial charge in [-0.1, -0.05) is 13.8 Å². The molecule has 1 amide bonds. The largest absolute Gasteiger partial charge is 0.383 e. The molecule has 1 aromatic rings. The molecule has 1 heterocycles. The number of aryl methyl sites for hydroxylation is 1. The van der Waals surface area contributed by atoms with Crippen LogP contribution in [0.15, 0.2) is 6.20 Å². The van der Waals surface area contributed by atoms with Gasteiger partial charge in [-0.15, -0.1) is 0 Å². The number of nitrogen functional groups attached to an aromatic ring is 1.